The maximum absolute atomic E-state index is 13.0. The summed E-state index contributed by atoms with van der Waals surface area (Å²) in [6.45, 7) is 0.912. The molecular weight excluding hydrogens is 412 g/mol. The molecule has 0 aliphatic heterocycles. The van der Waals surface area contributed by atoms with E-state index in [0.29, 0.717) is 42.1 Å². The van der Waals surface area contributed by atoms with E-state index in [1.807, 2.05) is 48.5 Å². The minimum atomic E-state index is -0.244. The Hall–Kier alpha value is -4.57. The fourth-order valence-corrected chi connectivity index (χ4v) is 3.37. The van der Waals surface area contributed by atoms with E-state index < -0.39 is 0 Å². The largest absolute Gasteiger partial charge is 0.369 e. The van der Waals surface area contributed by atoms with Crippen LogP contribution in [0, 0.1) is 11.3 Å². The number of carbonyl (C=O) groups is 1. The first-order valence-corrected chi connectivity index (χ1v) is 10.6. The first kappa shape index (κ1) is 21.7. The molecule has 0 fully saturated rings. The first-order chi connectivity index (χ1) is 16.2. The average Bonchev–Trinajstić information content (AvgIpc) is 2.88. The van der Waals surface area contributed by atoms with Gasteiger partial charge >= 0.3 is 0 Å². The van der Waals surface area contributed by atoms with Gasteiger partial charge in [-0.2, -0.15) is 5.26 Å². The lowest BCUT2D eigenvalue weighted by atomic mass is 10.0. The summed E-state index contributed by atoms with van der Waals surface area (Å²) in [4.78, 5) is 26.1. The fraction of sp³-hybridized carbons (Fsp3) is 0.115. The molecule has 162 valence electrons. The summed E-state index contributed by atoms with van der Waals surface area (Å²) < 4.78 is 0. The molecule has 0 aliphatic carbocycles. The fourth-order valence-electron chi connectivity index (χ4n) is 3.37. The van der Waals surface area contributed by atoms with Gasteiger partial charge in [0.15, 0.2) is 0 Å². The van der Waals surface area contributed by atoms with Crippen molar-refractivity contribution in [1.29, 1.82) is 5.26 Å². The van der Waals surface area contributed by atoms with Crippen molar-refractivity contribution in [3.05, 3.63) is 108 Å². The highest BCUT2D eigenvalue weighted by molar-refractivity contribution is 5.99. The van der Waals surface area contributed by atoms with Crippen molar-refractivity contribution in [3.63, 3.8) is 0 Å². The maximum atomic E-state index is 13.0. The Morgan fingerprint density at radius 3 is 2.64 bits per heavy atom. The highest BCUT2D eigenvalue weighted by Gasteiger charge is 2.15. The Kier molecular flexibility index (Phi) is 6.98. The summed E-state index contributed by atoms with van der Waals surface area (Å²) in [6, 6.07) is 22.5. The third kappa shape index (κ3) is 5.57. The number of nitrogens with one attached hydrogen (secondary N) is 2. The van der Waals surface area contributed by atoms with Crippen LogP contribution in [0.2, 0.25) is 0 Å². The van der Waals surface area contributed by atoms with Crippen LogP contribution in [0.5, 0.6) is 0 Å². The van der Waals surface area contributed by atoms with Gasteiger partial charge in [-0.05, 0) is 42.0 Å². The predicted molar refractivity (Wildman–Crippen MR) is 126 cm³/mol. The molecule has 0 spiro atoms. The molecule has 1 amide bonds. The monoisotopic (exact) mass is 434 g/mol. The summed E-state index contributed by atoms with van der Waals surface area (Å²) in [5.74, 6) is 0.215. The Labute approximate surface area is 192 Å². The lowest BCUT2D eigenvalue weighted by Gasteiger charge is -2.14. The standard InChI is InChI=1S/C26H22N6O/c27-16-20-7-1-2-9-22(20)24-11-10-23(26(33)31-18-19-6-5-13-28-17-19)25(32-24)30-15-12-21-8-3-4-14-29-21/h1-11,13-14,17H,12,15,18H2,(H,30,32)(H,31,33). The SMILES string of the molecule is N#Cc1ccccc1-c1ccc(C(=O)NCc2cccnc2)c(NCCc2ccccn2)n1. The average molecular weight is 435 g/mol. The van der Waals surface area contributed by atoms with Crippen LogP contribution in [0.1, 0.15) is 27.2 Å². The molecular formula is C26H22N6O. The lowest BCUT2D eigenvalue weighted by molar-refractivity contribution is 0.0951. The number of carbonyl (C=O) groups excluding carboxylic acids is 1. The normalized spacial score (nSPS) is 10.3. The Morgan fingerprint density at radius 2 is 1.85 bits per heavy atom. The van der Waals surface area contributed by atoms with Gasteiger partial charge in [-0.1, -0.05) is 30.3 Å². The first-order valence-electron chi connectivity index (χ1n) is 10.6. The zero-order valence-electron chi connectivity index (χ0n) is 17.9. The number of pyridine rings is 3. The highest BCUT2D eigenvalue weighted by Crippen LogP contribution is 2.25. The van der Waals surface area contributed by atoms with Gasteiger partial charge in [0.05, 0.1) is 22.9 Å². The van der Waals surface area contributed by atoms with Crippen molar-refractivity contribution < 1.29 is 4.79 Å². The minimum Gasteiger partial charge on any atom is -0.369 e. The lowest BCUT2D eigenvalue weighted by Crippen LogP contribution is -2.25. The molecule has 3 aromatic heterocycles. The third-order valence-electron chi connectivity index (χ3n) is 5.04. The molecule has 0 saturated heterocycles. The molecule has 0 bridgehead atoms. The molecule has 4 rings (SSSR count). The summed E-state index contributed by atoms with van der Waals surface area (Å²) in [6.07, 6.45) is 5.84. The number of hydrogen-bond acceptors (Lipinski definition) is 6. The van der Waals surface area contributed by atoms with Gasteiger partial charge in [-0.3, -0.25) is 14.8 Å². The van der Waals surface area contributed by atoms with Gasteiger partial charge < -0.3 is 10.6 Å². The second-order valence-electron chi connectivity index (χ2n) is 7.29. The Balaban J connectivity index is 1.58. The number of aromatic nitrogens is 3. The van der Waals surface area contributed by atoms with E-state index in [2.05, 4.69) is 26.7 Å². The van der Waals surface area contributed by atoms with Gasteiger partial charge in [-0.25, -0.2) is 4.98 Å². The number of anilines is 1. The second-order valence-corrected chi connectivity index (χ2v) is 7.29. The topological polar surface area (TPSA) is 104 Å². The van der Waals surface area contributed by atoms with Crippen molar-refractivity contribution in [1.82, 2.24) is 20.3 Å². The molecule has 0 saturated carbocycles. The molecule has 1 aromatic carbocycles. The van der Waals surface area contributed by atoms with Gasteiger partial charge in [0.2, 0.25) is 0 Å². The number of nitrogens with zero attached hydrogens (tertiary/aromatic N) is 4. The summed E-state index contributed by atoms with van der Waals surface area (Å²) in [5, 5.41) is 15.7. The van der Waals surface area contributed by atoms with Crippen molar-refractivity contribution in [2.24, 2.45) is 0 Å². The Morgan fingerprint density at radius 1 is 0.970 bits per heavy atom. The number of nitriles is 1. The van der Waals surface area contributed by atoms with Crippen molar-refractivity contribution in [2.75, 3.05) is 11.9 Å². The number of rotatable bonds is 8. The smallest absolute Gasteiger partial charge is 0.255 e. The highest BCUT2D eigenvalue weighted by atomic mass is 16.1. The molecule has 0 unspecified atom stereocenters. The number of amides is 1. The van der Waals surface area contributed by atoms with Crippen LogP contribution in [0.4, 0.5) is 5.82 Å². The predicted octanol–water partition coefficient (Wildman–Crippen LogP) is 3.99. The number of hydrogen-bond donors (Lipinski definition) is 2. The minimum absolute atomic E-state index is 0.244. The third-order valence-corrected chi connectivity index (χ3v) is 5.04. The van der Waals surface area contributed by atoms with E-state index in [1.54, 1.807) is 36.8 Å². The molecule has 4 aromatic rings. The molecule has 2 N–H and O–H groups in total. The van der Waals surface area contributed by atoms with Crippen molar-refractivity contribution in [3.8, 4) is 17.3 Å². The van der Waals surface area contributed by atoms with E-state index >= 15 is 0 Å². The second kappa shape index (κ2) is 10.6. The van der Waals surface area contributed by atoms with E-state index in [4.69, 9.17) is 4.98 Å². The van der Waals surface area contributed by atoms with E-state index in [9.17, 15) is 10.1 Å². The van der Waals surface area contributed by atoms with Gasteiger partial charge in [0, 0.05) is 49.4 Å². The van der Waals surface area contributed by atoms with Gasteiger partial charge in [0.1, 0.15) is 5.82 Å². The van der Waals surface area contributed by atoms with E-state index in [1.165, 1.54) is 0 Å². The van der Waals surface area contributed by atoms with E-state index in [-0.39, 0.29) is 5.91 Å². The van der Waals surface area contributed by atoms with Crippen LogP contribution in [-0.4, -0.2) is 27.4 Å². The van der Waals surface area contributed by atoms with Crippen LogP contribution < -0.4 is 10.6 Å². The Bertz CT molecular complexity index is 1270. The molecule has 0 atom stereocenters. The number of benzene rings is 1. The molecule has 0 radical (unpaired) electrons. The molecule has 7 heteroatoms. The van der Waals surface area contributed by atoms with Crippen LogP contribution in [0.3, 0.4) is 0 Å². The van der Waals surface area contributed by atoms with E-state index in [0.717, 1.165) is 16.8 Å². The quantitative estimate of drug-likeness (QED) is 0.435. The van der Waals surface area contributed by atoms with Crippen LogP contribution in [0.25, 0.3) is 11.3 Å². The summed E-state index contributed by atoms with van der Waals surface area (Å²) in [7, 11) is 0. The molecule has 7 nitrogen and oxygen atoms in total. The summed E-state index contributed by atoms with van der Waals surface area (Å²) in [5.41, 5.74) is 4.14. The van der Waals surface area contributed by atoms with Gasteiger partial charge in [-0.15, -0.1) is 0 Å². The van der Waals surface area contributed by atoms with Crippen LogP contribution >= 0.6 is 0 Å². The molecule has 3 heterocycles. The van der Waals surface area contributed by atoms with Crippen molar-refractivity contribution >= 4 is 11.7 Å². The zero-order chi connectivity index (χ0) is 22.9. The summed E-state index contributed by atoms with van der Waals surface area (Å²) >= 11 is 0. The molecule has 0 aliphatic rings. The van der Waals surface area contributed by atoms with Crippen molar-refractivity contribution in [2.45, 2.75) is 13.0 Å². The van der Waals surface area contributed by atoms with Crippen LogP contribution in [0.15, 0.2) is 85.3 Å². The zero-order valence-corrected chi connectivity index (χ0v) is 17.9. The van der Waals surface area contributed by atoms with Crippen LogP contribution in [-0.2, 0) is 13.0 Å². The molecule has 33 heavy (non-hydrogen) atoms. The maximum Gasteiger partial charge on any atom is 0.255 e. The van der Waals surface area contributed by atoms with Gasteiger partial charge in [0.25, 0.3) is 5.91 Å².